The van der Waals surface area contributed by atoms with Crippen molar-refractivity contribution in [2.24, 2.45) is 0 Å². The maximum absolute atomic E-state index is 5.85. The predicted molar refractivity (Wildman–Crippen MR) is 77.3 cm³/mol. The number of rotatable bonds is 6. The van der Waals surface area contributed by atoms with Crippen molar-refractivity contribution in [3.63, 3.8) is 0 Å². The van der Waals surface area contributed by atoms with Crippen LogP contribution in [0.2, 0.25) is 0 Å². The van der Waals surface area contributed by atoms with E-state index >= 15 is 0 Å². The Morgan fingerprint density at radius 1 is 1.16 bits per heavy atom. The molecule has 19 heavy (non-hydrogen) atoms. The zero-order chi connectivity index (χ0) is 13.7. The Hall–Kier alpha value is -1.74. The number of nitrogens with one attached hydrogen (secondary N) is 1. The molecule has 0 aliphatic heterocycles. The molecule has 0 spiro atoms. The first-order valence-electron chi connectivity index (χ1n) is 6.76. The summed E-state index contributed by atoms with van der Waals surface area (Å²) in [5, 5.41) is 3.25. The van der Waals surface area contributed by atoms with E-state index in [1.165, 1.54) is 0 Å². The van der Waals surface area contributed by atoms with E-state index in [0.29, 0.717) is 0 Å². The van der Waals surface area contributed by atoms with Gasteiger partial charge in [0.05, 0.1) is 18.2 Å². The minimum absolute atomic E-state index is 0.150. The van der Waals surface area contributed by atoms with Gasteiger partial charge in [-0.2, -0.15) is 0 Å². The van der Waals surface area contributed by atoms with Crippen LogP contribution in [0.4, 0.5) is 0 Å². The number of ether oxygens (including phenoxy) is 1. The second-order valence-electron chi connectivity index (χ2n) is 4.71. The summed E-state index contributed by atoms with van der Waals surface area (Å²) in [6.45, 7) is 7.81. The molecule has 0 amide bonds. The maximum atomic E-state index is 5.85. The lowest BCUT2D eigenvalue weighted by molar-refractivity contribution is 0.243. The standard InChI is InChI=1S/C16H21NO2/c1-4-17-11-13-9-10-16(19-13)14-7-5-6-8-15(14)18-12(2)3/h5-10,12,17H,4,11H2,1-3H3. The SMILES string of the molecule is CCNCc1ccc(-c2ccccc2OC(C)C)o1. The Morgan fingerprint density at radius 3 is 2.68 bits per heavy atom. The molecular formula is C16H21NO2. The third-order valence-electron chi connectivity index (χ3n) is 2.73. The number of benzene rings is 1. The summed E-state index contributed by atoms with van der Waals surface area (Å²) < 4.78 is 11.7. The molecule has 0 unspecified atom stereocenters. The van der Waals surface area contributed by atoms with Gasteiger partial charge < -0.3 is 14.5 Å². The zero-order valence-corrected chi connectivity index (χ0v) is 11.8. The van der Waals surface area contributed by atoms with Crippen LogP contribution in [0.1, 0.15) is 26.5 Å². The lowest BCUT2D eigenvalue weighted by Crippen LogP contribution is -2.10. The summed E-state index contributed by atoms with van der Waals surface area (Å²) in [7, 11) is 0. The van der Waals surface area contributed by atoms with Gasteiger partial charge in [-0.25, -0.2) is 0 Å². The zero-order valence-electron chi connectivity index (χ0n) is 11.8. The summed E-state index contributed by atoms with van der Waals surface area (Å²) in [6, 6.07) is 12.0. The van der Waals surface area contributed by atoms with Crippen molar-refractivity contribution in [2.45, 2.75) is 33.4 Å². The molecule has 1 aromatic heterocycles. The van der Waals surface area contributed by atoms with Gasteiger partial charge in [0.25, 0.3) is 0 Å². The number of hydrogen-bond acceptors (Lipinski definition) is 3. The third-order valence-corrected chi connectivity index (χ3v) is 2.73. The van der Waals surface area contributed by atoms with Gasteiger partial charge >= 0.3 is 0 Å². The van der Waals surface area contributed by atoms with Gasteiger partial charge in [-0.15, -0.1) is 0 Å². The third kappa shape index (κ3) is 3.61. The fraction of sp³-hybridized carbons (Fsp3) is 0.375. The molecule has 1 N–H and O–H groups in total. The highest BCUT2D eigenvalue weighted by Gasteiger charge is 2.11. The quantitative estimate of drug-likeness (QED) is 0.855. The molecular weight excluding hydrogens is 238 g/mol. The Balaban J connectivity index is 2.23. The van der Waals surface area contributed by atoms with Crippen LogP contribution in [0, 0.1) is 0 Å². The molecule has 0 saturated heterocycles. The van der Waals surface area contributed by atoms with Crippen LogP contribution < -0.4 is 10.1 Å². The van der Waals surface area contributed by atoms with Crippen molar-refractivity contribution in [3.05, 3.63) is 42.2 Å². The second kappa shape index (κ2) is 6.43. The predicted octanol–water partition coefficient (Wildman–Crippen LogP) is 3.84. The van der Waals surface area contributed by atoms with E-state index in [1.807, 2.05) is 50.2 Å². The van der Waals surface area contributed by atoms with Crippen molar-refractivity contribution in [1.82, 2.24) is 5.32 Å². The van der Waals surface area contributed by atoms with E-state index in [4.69, 9.17) is 9.15 Å². The van der Waals surface area contributed by atoms with Crippen LogP contribution >= 0.6 is 0 Å². The van der Waals surface area contributed by atoms with Gasteiger partial charge in [0.2, 0.25) is 0 Å². The molecule has 0 radical (unpaired) electrons. The van der Waals surface area contributed by atoms with Gasteiger partial charge in [-0.1, -0.05) is 19.1 Å². The van der Waals surface area contributed by atoms with E-state index in [-0.39, 0.29) is 6.10 Å². The number of para-hydroxylation sites is 1. The van der Waals surface area contributed by atoms with Crippen molar-refractivity contribution in [2.75, 3.05) is 6.54 Å². The van der Waals surface area contributed by atoms with Crippen LogP contribution in [0.5, 0.6) is 5.75 Å². The molecule has 0 saturated carbocycles. The minimum atomic E-state index is 0.150. The second-order valence-corrected chi connectivity index (χ2v) is 4.71. The monoisotopic (exact) mass is 259 g/mol. The summed E-state index contributed by atoms with van der Waals surface area (Å²) in [4.78, 5) is 0. The highest BCUT2D eigenvalue weighted by molar-refractivity contribution is 5.65. The van der Waals surface area contributed by atoms with Gasteiger partial charge in [0.1, 0.15) is 17.3 Å². The summed E-state index contributed by atoms with van der Waals surface area (Å²) in [5.41, 5.74) is 0.999. The van der Waals surface area contributed by atoms with E-state index in [9.17, 15) is 0 Å². The van der Waals surface area contributed by atoms with E-state index < -0.39 is 0 Å². The summed E-state index contributed by atoms with van der Waals surface area (Å²) in [6.07, 6.45) is 0.150. The summed E-state index contributed by atoms with van der Waals surface area (Å²) in [5.74, 6) is 2.65. The van der Waals surface area contributed by atoms with Crippen LogP contribution in [-0.4, -0.2) is 12.6 Å². The Morgan fingerprint density at radius 2 is 1.95 bits per heavy atom. The molecule has 3 heteroatoms. The van der Waals surface area contributed by atoms with Gasteiger partial charge in [-0.05, 0) is 44.7 Å². The normalized spacial score (nSPS) is 10.9. The molecule has 0 aliphatic carbocycles. The lowest BCUT2D eigenvalue weighted by Gasteiger charge is -2.12. The van der Waals surface area contributed by atoms with Crippen molar-refractivity contribution in [3.8, 4) is 17.1 Å². The molecule has 3 nitrogen and oxygen atoms in total. The fourth-order valence-electron chi connectivity index (χ4n) is 1.89. The molecule has 0 bridgehead atoms. The first-order chi connectivity index (χ1) is 9.20. The van der Waals surface area contributed by atoms with E-state index in [0.717, 1.165) is 35.9 Å². The van der Waals surface area contributed by atoms with Crippen molar-refractivity contribution < 1.29 is 9.15 Å². The Labute approximate surface area is 114 Å². The largest absolute Gasteiger partial charge is 0.490 e. The van der Waals surface area contributed by atoms with E-state index in [1.54, 1.807) is 0 Å². The average Bonchev–Trinajstić information content (AvgIpc) is 2.85. The fourth-order valence-corrected chi connectivity index (χ4v) is 1.89. The van der Waals surface area contributed by atoms with Crippen LogP contribution in [0.15, 0.2) is 40.8 Å². The molecule has 102 valence electrons. The molecule has 1 aromatic carbocycles. The first kappa shape index (κ1) is 13.7. The van der Waals surface area contributed by atoms with E-state index in [2.05, 4.69) is 12.2 Å². The lowest BCUT2D eigenvalue weighted by atomic mass is 10.1. The number of hydrogen-bond donors (Lipinski definition) is 1. The van der Waals surface area contributed by atoms with Crippen LogP contribution in [-0.2, 0) is 6.54 Å². The molecule has 0 atom stereocenters. The Bertz CT molecular complexity index is 517. The maximum Gasteiger partial charge on any atom is 0.138 e. The van der Waals surface area contributed by atoms with Crippen molar-refractivity contribution >= 4 is 0 Å². The first-order valence-corrected chi connectivity index (χ1v) is 6.76. The Kier molecular flexibility index (Phi) is 4.63. The molecule has 2 aromatic rings. The highest BCUT2D eigenvalue weighted by atomic mass is 16.5. The van der Waals surface area contributed by atoms with Crippen LogP contribution in [0.3, 0.4) is 0 Å². The number of furan rings is 1. The summed E-state index contributed by atoms with van der Waals surface area (Å²) >= 11 is 0. The van der Waals surface area contributed by atoms with Gasteiger partial charge in [0, 0.05) is 0 Å². The molecule has 1 heterocycles. The van der Waals surface area contributed by atoms with Crippen LogP contribution in [0.25, 0.3) is 11.3 Å². The highest BCUT2D eigenvalue weighted by Crippen LogP contribution is 2.31. The molecule has 2 rings (SSSR count). The topological polar surface area (TPSA) is 34.4 Å². The van der Waals surface area contributed by atoms with Crippen molar-refractivity contribution in [1.29, 1.82) is 0 Å². The molecule has 0 fully saturated rings. The minimum Gasteiger partial charge on any atom is -0.490 e. The van der Waals surface area contributed by atoms with Gasteiger partial charge in [-0.3, -0.25) is 0 Å². The average molecular weight is 259 g/mol. The molecule has 0 aliphatic rings. The van der Waals surface area contributed by atoms with Gasteiger partial charge in [0.15, 0.2) is 0 Å². The smallest absolute Gasteiger partial charge is 0.138 e.